The van der Waals surface area contributed by atoms with Crippen molar-refractivity contribution in [2.75, 3.05) is 6.26 Å². The molecule has 3 rings (SSSR count). The number of pyridine rings is 1. The molecular formula is C14H11NO2S2. The van der Waals surface area contributed by atoms with Crippen LogP contribution in [0.1, 0.15) is 0 Å². The molecule has 0 aliphatic rings. The van der Waals surface area contributed by atoms with E-state index in [9.17, 15) is 8.42 Å². The van der Waals surface area contributed by atoms with Gasteiger partial charge in [0.1, 0.15) is 4.21 Å². The van der Waals surface area contributed by atoms with Gasteiger partial charge in [0.2, 0.25) is 0 Å². The monoisotopic (exact) mass is 289 g/mol. The number of hydrogen-bond donors (Lipinski definition) is 0. The van der Waals surface area contributed by atoms with Crippen LogP contribution in [0.15, 0.2) is 53.0 Å². The number of aromatic nitrogens is 1. The van der Waals surface area contributed by atoms with Crippen molar-refractivity contribution < 1.29 is 8.42 Å². The van der Waals surface area contributed by atoms with E-state index in [0.29, 0.717) is 4.21 Å². The van der Waals surface area contributed by atoms with Gasteiger partial charge in [-0.1, -0.05) is 24.3 Å². The first kappa shape index (κ1) is 12.3. The molecule has 0 radical (unpaired) electrons. The number of sulfone groups is 1. The van der Waals surface area contributed by atoms with E-state index in [4.69, 9.17) is 0 Å². The van der Waals surface area contributed by atoms with Crippen molar-refractivity contribution >= 4 is 31.9 Å². The zero-order valence-corrected chi connectivity index (χ0v) is 11.8. The molecule has 0 amide bonds. The Morgan fingerprint density at radius 3 is 2.58 bits per heavy atom. The summed E-state index contributed by atoms with van der Waals surface area (Å²) in [6.45, 7) is 0. The van der Waals surface area contributed by atoms with Crippen LogP contribution in [-0.4, -0.2) is 19.7 Å². The lowest BCUT2D eigenvalue weighted by Crippen LogP contribution is -1.91. The van der Waals surface area contributed by atoms with Gasteiger partial charge in [0, 0.05) is 34.5 Å². The van der Waals surface area contributed by atoms with E-state index in [1.54, 1.807) is 12.3 Å². The molecule has 0 spiro atoms. The molecule has 3 aromatic rings. The molecule has 0 saturated carbocycles. The van der Waals surface area contributed by atoms with Crippen LogP contribution >= 0.6 is 11.3 Å². The van der Waals surface area contributed by atoms with Crippen LogP contribution < -0.4 is 0 Å². The highest BCUT2D eigenvalue weighted by atomic mass is 32.2. The van der Waals surface area contributed by atoms with Gasteiger partial charge in [-0.25, -0.2) is 8.42 Å². The van der Waals surface area contributed by atoms with Gasteiger partial charge >= 0.3 is 0 Å². The molecule has 2 heterocycles. The summed E-state index contributed by atoms with van der Waals surface area (Å²) in [7, 11) is -3.15. The van der Waals surface area contributed by atoms with Crippen LogP contribution in [0.5, 0.6) is 0 Å². The first-order chi connectivity index (χ1) is 9.05. The summed E-state index contributed by atoms with van der Waals surface area (Å²) < 4.78 is 23.5. The summed E-state index contributed by atoms with van der Waals surface area (Å²) in [4.78, 5) is 5.14. The van der Waals surface area contributed by atoms with Gasteiger partial charge < -0.3 is 0 Å². The number of thiophene rings is 1. The highest BCUT2D eigenvalue weighted by Crippen LogP contribution is 2.34. The van der Waals surface area contributed by atoms with Crippen LogP contribution in [0.3, 0.4) is 0 Å². The zero-order valence-electron chi connectivity index (χ0n) is 10.2. The van der Waals surface area contributed by atoms with E-state index in [1.807, 2.05) is 36.5 Å². The van der Waals surface area contributed by atoms with Crippen molar-refractivity contribution in [2.24, 2.45) is 0 Å². The normalized spacial score (nSPS) is 11.8. The maximum absolute atomic E-state index is 11.5. The fraction of sp³-hybridized carbons (Fsp3) is 0.0714. The molecule has 0 saturated heterocycles. The molecule has 2 aromatic heterocycles. The van der Waals surface area contributed by atoms with Crippen molar-refractivity contribution in [3.8, 4) is 10.4 Å². The fourth-order valence-electron chi connectivity index (χ4n) is 1.98. The molecule has 3 nitrogen and oxygen atoms in total. The standard InChI is InChI=1S/C14H11NO2S2/c1-19(16,17)14-7-6-13(18-14)12-9-15-8-10-4-2-3-5-11(10)12/h2-9H,1H3. The molecule has 5 heteroatoms. The molecular weight excluding hydrogens is 278 g/mol. The zero-order chi connectivity index (χ0) is 13.5. The first-order valence-corrected chi connectivity index (χ1v) is 8.39. The third kappa shape index (κ3) is 2.27. The molecule has 0 fully saturated rings. The largest absolute Gasteiger partial charge is 0.263 e. The number of fused-ring (bicyclic) bond motifs is 1. The van der Waals surface area contributed by atoms with Crippen LogP contribution in [-0.2, 0) is 9.84 Å². The van der Waals surface area contributed by atoms with E-state index in [-0.39, 0.29) is 0 Å². The molecule has 0 N–H and O–H groups in total. The topological polar surface area (TPSA) is 47.0 Å². The number of rotatable bonds is 2. The summed E-state index contributed by atoms with van der Waals surface area (Å²) in [6, 6.07) is 11.4. The predicted octanol–water partition coefficient (Wildman–Crippen LogP) is 3.37. The van der Waals surface area contributed by atoms with E-state index >= 15 is 0 Å². The second kappa shape index (κ2) is 4.43. The average Bonchev–Trinajstić information content (AvgIpc) is 2.87. The van der Waals surface area contributed by atoms with Gasteiger partial charge in [-0.05, 0) is 17.5 Å². The lowest BCUT2D eigenvalue weighted by atomic mass is 10.1. The summed E-state index contributed by atoms with van der Waals surface area (Å²) in [5.41, 5.74) is 0.970. The third-order valence-electron chi connectivity index (χ3n) is 2.88. The van der Waals surface area contributed by atoms with E-state index in [2.05, 4.69) is 4.98 Å². The average molecular weight is 289 g/mol. The molecule has 0 aliphatic carbocycles. The lowest BCUT2D eigenvalue weighted by molar-refractivity contribution is 0.604. The minimum absolute atomic E-state index is 0.385. The molecule has 1 aromatic carbocycles. The molecule has 0 bridgehead atoms. The van der Waals surface area contributed by atoms with Gasteiger partial charge in [0.25, 0.3) is 0 Å². The Morgan fingerprint density at radius 1 is 1.05 bits per heavy atom. The number of hydrogen-bond acceptors (Lipinski definition) is 4. The summed E-state index contributed by atoms with van der Waals surface area (Å²) in [5, 5.41) is 2.13. The second-order valence-electron chi connectivity index (χ2n) is 4.30. The van der Waals surface area contributed by atoms with E-state index in [0.717, 1.165) is 21.2 Å². The summed E-state index contributed by atoms with van der Waals surface area (Å²) in [5.74, 6) is 0. The van der Waals surface area contributed by atoms with Gasteiger partial charge in [-0.3, -0.25) is 4.98 Å². The molecule has 96 valence electrons. The van der Waals surface area contributed by atoms with Crippen LogP contribution in [0.4, 0.5) is 0 Å². The van der Waals surface area contributed by atoms with Gasteiger partial charge in [-0.15, -0.1) is 11.3 Å². The summed E-state index contributed by atoms with van der Waals surface area (Å²) >= 11 is 1.28. The first-order valence-electron chi connectivity index (χ1n) is 5.69. The SMILES string of the molecule is CS(=O)(=O)c1ccc(-c2cncc3ccccc23)s1. The summed E-state index contributed by atoms with van der Waals surface area (Å²) in [6.07, 6.45) is 4.81. The van der Waals surface area contributed by atoms with Gasteiger partial charge in [-0.2, -0.15) is 0 Å². The van der Waals surface area contributed by atoms with Crippen molar-refractivity contribution in [2.45, 2.75) is 4.21 Å². The Balaban J connectivity index is 2.23. The Kier molecular flexibility index (Phi) is 2.88. The van der Waals surface area contributed by atoms with E-state index < -0.39 is 9.84 Å². The minimum atomic E-state index is -3.15. The molecule has 19 heavy (non-hydrogen) atoms. The minimum Gasteiger partial charge on any atom is -0.263 e. The van der Waals surface area contributed by atoms with Crippen molar-refractivity contribution in [1.82, 2.24) is 4.98 Å². The highest BCUT2D eigenvalue weighted by Gasteiger charge is 2.13. The van der Waals surface area contributed by atoms with Crippen molar-refractivity contribution in [3.63, 3.8) is 0 Å². The quantitative estimate of drug-likeness (QED) is 0.726. The Morgan fingerprint density at radius 2 is 1.84 bits per heavy atom. The van der Waals surface area contributed by atoms with Crippen LogP contribution in [0.25, 0.3) is 21.2 Å². The van der Waals surface area contributed by atoms with Gasteiger partial charge in [0.05, 0.1) is 0 Å². The smallest absolute Gasteiger partial charge is 0.184 e. The maximum Gasteiger partial charge on any atom is 0.184 e. The maximum atomic E-state index is 11.5. The van der Waals surface area contributed by atoms with Crippen molar-refractivity contribution in [3.05, 3.63) is 48.8 Å². The lowest BCUT2D eigenvalue weighted by Gasteiger charge is -2.03. The Bertz CT molecular complexity index is 845. The Labute approximate surface area is 115 Å². The predicted molar refractivity (Wildman–Crippen MR) is 78.2 cm³/mol. The van der Waals surface area contributed by atoms with Crippen LogP contribution in [0.2, 0.25) is 0 Å². The van der Waals surface area contributed by atoms with Crippen molar-refractivity contribution in [1.29, 1.82) is 0 Å². The highest BCUT2D eigenvalue weighted by molar-refractivity contribution is 7.92. The Hall–Kier alpha value is -1.72. The third-order valence-corrected chi connectivity index (χ3v) is 5.82. The number of nitrogens with zero attached hydrogens (tertiary/aromatic N) is 1. The second-order valence-corrected chi connectivity index (χ2v) is 7.63. The van der Waals surface area contributed by atoms with Gasteiger partial charge in [0.15, 0.2) is 9.84 Å². The fourth-order valence-corrected chi connectivity index (χ4v) is 3.93. The molecule has 0 unspecified atom stereocenters. The van der Waals surface area contributed by atoms with Crippen LogP contribution in [0, 0.1) is 0 Å². The molecule has 0 aliphatic heterocycles. The number of benzene rings is 1. The van der Waals surface area contributed by atoms with E-state index in [1.165, 1.54) is 17.6 Å². The molecule has 0 atom stereocenters.